The lowest BCUT2D eigenvalue weighted by Gasteiger charge is -2.27. The summed E-state index contributed by atoms with van der Waals surface area (Å²) >= 11 is 0. The van der Waals surface area contributed by atoms with E-state index in [0.717, 1.165) is 50.8 Å². The van der Waals surface area contributed by atoms with Crippen LogP contribution in [-0.4, -0.2) is 72.0 Å². The molecule has 13 heteroatoms. The van der Waals surface area contributed by atoms with E-state index in [1.807, 2.05) is 11.0 Å². The van der Waals surface area contributed by atoms with Crippen LogP contribution in [0.15, 0.2) is 70.0 Å². The van der Waals surface area contributed by atoms with Gasteiger partial charge in [0.15, 0.2) is 11.8 Å². The molecule has 3 fully saturated rings. The van der Waals surface area contributed by atoms with Crippen molar-refractivity contribution >= 4 is 34.2 Å². The maximum Gasteiger partial charge on any atom is 0.268 e. The maximum absolute atomic E-state index is 13.7. The number of fused-ring (bicyclic) bond motifs is 1. The number of nitrogens with two attached hydrogens (primary N) is 3. The number of aromatic nitrogens is 1. The average molecular weight is 619 g/mol. The largest absolute Gasteiger partial charge is 0.391 e. The molecule has 238 valence electrons. The van der Waals surface area contributed by atoms with Gasteiger partial charge in [0.2, 0.25) is 0 Å². The van der Waals surface area contributed by atoms with Crippen LogP contribution >= 0.6 is 0 Å². The van der Waals surface area contributed by atoms with E-state index in [0.29, 0.717) is 48.9 Å². The summed E-state index contributed by atoms with van der Waals surface area (Å²) in [4.78, 5) is 46.1. The Balaban J connectivity index is 0.000000220. The monoisotopic (exact) mass is 618 g/mol. The summed E-state index contributed by atoms with van der Waals surface area (Å²) in [5, 5.41) is 3.85. The van der Waals surface area contributed by atoms with Crippen LogP contribution in [0.1, 0.15) is 53.9 Å². The number of benzene rings is 2. The number of primary amides is 1. The molecule has 0 unspecified atom stereocenters. The maximum atomic E-state index is 13.7. The number of halogens is 1. The number of H-pyrrole nitrogens is 1. The first kappa shape index (κ1) is 31.5. The molecule has 3 aliphatic rings. The number of amides is 2. The Morgan fingerprint density at radius 1 is 0.933 bits per heavy atom. The fourth-order valence-corrected chi connectivity index (χ4v) is 5.31. The normalized spacial score (nSPS) is 17.7. The van der Waals surface area contributed by atoms with Gasteiger partial charge >= 0.3 is 0 Å². The molecule has 0 radical (unpaired) electrons. The second kappa shape index (κ2) is 14.2. The zero-order valence-corrected chi connectivity index (χ0v) is 25.1. The summed E-state index contributed by atoms with van der Waals surface area (Å²) in [6, 6.07) is 12.0. The number of pyridine rings is 1. The average Bonchev–Trinajstić information content (AvgIpc) is 3.91. The Kier molecular flexibility index (Phi) is 9.98. The Morgan fingerprint density at radius 3 is 2.27 bits per heavy atom. The number of carbonyl (C=O) groups excluding carboxylic acids is 2. The summed E-state index contributed by atoms with van der Waals surface area (Å²) < 4.78 is 19.0. The molecule has 8 N–H and O–H groups in total. The topological polar surface area (TPSA) is 185 Å². The Hall–Kier alpha value is -4.91. The summed E-state index contributed by atoms with van der Waals surface area (Å²) in [7, 11) is 0. The van der Waals surface area contributed by atoms with Crippen molar-refractivity contribution < 1.29 is 18.7 Å². The van der Waals surface area contributed by atoms with E-state index < -0.39 is 11.7 Å². The number of carbonyl (C=O) groups is 2. The number of nitrogens with zero attached hydrogens (tertiary/aromatic N) is 3. The molecule has 1 aliphatic carbocycles. The van der Waals surface area contributed by atoms with Crippen molar-refractivity contribution in [1.29, 1.82) is 0 Å². The summed E-state index contributed by atoms with van der Waals surface area (Å²) in [5.74, 6) is -0.394. The third-order valence-electron chi connectivity index (χ3n) is 8.02. The highest BCUT2D eigenvalue weighted by Gasteiger charge is 2.25. The van der Waals surface area contributed by atoms with Gasteiger partial charge in [-0.3, -0.25) is 14.4 Å². The molecule has 0 atom stereocenters. The van der Waals surface area contributed by atoms with Crippen molar-refractivity contribution in [3.05, 3.63) is 87.5 Å². The van der Waals surface area contributed by atoms with Crippen LogP contribution < -0.4 is 28.1 Å². The van der Waals surface area contributed by atoms with Gasteiger partial charge in [-0.2, -0.15) is 4.99 Å². The minimum atomic E-state index is -0.799. The van der Waals surface area contributed by atoms with E-state index in [1.165, 1.54) is 6.07 Å². The molecule has 2 saturated heterocycles. The van der Waals surface area contributed by atoms with Crippen molar-refractivity contribution in [1.82, 2.24) is 14.8 Å². The first-order valence-electron chi connectivity index (χ1n) is 15.1. The number of hydrogen-bond acceptors (Lipinski definition) is 7. The van der Waals surface area contributed by atoms with E-state index >= 15 is 0 Å². The molecule has 45 heavy (non-hydrogen) atoms. The van der Waals surface area contributed by atoms with Gasteiger partial charge in [0, 0.05) is 43.6 Å². The van der Waals surface area contributed by atoms with Crippen LogP contribution in [0.4, 0.5) is 10.1 Å². The van der Waals surface area contributed by atoms with Crippen molar-refractivity contribution in [2.75, 3.05) is 44.7 Å². The zero-order chi connectivity index (χ0) is 31.9. The van der Waals surface area contributed by atoms with Gasteiger partial charge in [0.05, 0.1) is 18.6 Å². The number of aromatic amines is 1. The summed E-state index contributed by atoms with van der Waals surface area (Å²) in [6.07, 6.45) is 7.05. The lowest BCUT2D eigenvalue weighted by atomic mass is 10.1. The lowest BCUT2D eigenvalue weighted by Crippen LogP contribution is -2.41. The Labute approximate surface area is 260 Å². The fourth-order valence-electron chi connectivity index (χ4n) is 5.31. The fraction of sp³-hybridized carbons (Fsp3) is 0.375. The number of piperidine rings is 1. The second-order valence-electron chi connectivity index (χ2n) is 11.3. The molecule has 1 saturated carbocycles. The van der Waals surface area contributed by atoms with Gasteiger partial charge in [-0.05, 0) is 85.4 Å². The smallest absolute Gasteiger partial charge is 0.268 e. The predicted molar refractivity (Wildman–Crippen MR) is 171 cm³/mol. The summed E-state index contributed by atoms with van der Waals surface area (Å²) in [6.45, 7) is 3.84. The molecular weight excluding hydrogens is 579 g/mol. The number of hydrogen-bond donors (Lipinski definition) is 5. The number of anilines is 1. The van der Waals surface area contributed by atoms with E-state index in [9.17, 15) is 18.8 Å². The SMILES string of the molecule is NC(=O)/C(N)=C(/N=C(\N)N1CCCCC1)Nc1ccc(C(=O)N2CCOCC2)cc1.O=c1[nH]ccc2cc(C3CC3)cc(F)c12. The summed E-state index contributed by atoms with van der Waals surface area (Å²) in [5.41, 5.74) is 18.9. The second-order valence-corrected chi connectivity index (χ2v) is 11.3. The molecular formula is C32H39FN8O4. The van der Waals surface area contributed by atoms with Gasteiger partial charge < -0.3 is 42.0 Å². The number of rotatable bonds is 6. The Morgan fingerprint density at radius 2 is 1.62 bits per heavy atom. The number of likely N-dealkylation sites (tertiary alicyclic amines) is 1. The molecule has 1 aromatic heterocycles. The highest BCUT2D eigenvalue weighted by molar-refractivity contribution is 5.95. The molecule has 3 aromatic rings. The van der Waals surface area contributed by atoms with Crippen LogP contribution in [0.25, 0.3) is 10.8 Å². The van der Waals surface area contributed by atoms with Gasteiger partial charge in [0.25, 0.3) is 17.4 Å². The van der Waals surface area contributed by atoms with Gasteiger partial charge in [-0.25, -0.2) is 4.39 Å². The minimum absolute atomic E-state index is 0.0513. The molecule has 2 aliphatic heterocycles. The number of morpholine rings is 1. The third kappa shape index (κ3) is 7.98. The predicted octanol–water partition coefficient (Wildman–Crippen LogP) is 2.53. The van der Waals surface area contributed by atoms with Crippen molar-refractivity contribution in [2.24, 2.45) is 22.2 Å². The highest BCUT2D eigenvalue weighted by atomic mass is 19.1. The van der Waals surface area contributed by atoms with Crippen LogP contribution in [0.3, 0.4) is 0 Å². The highest BCUT2D eigenvalue weighted by Crippen LogP contribution is 2.41. The number of nitrogens with one attached hydrogen (secondary N) is 2. The van der Waals surface area contributed by atoms with Crippen molar-refractivity contribution in [3.63, 3.8) is 0 Å². The Bertz CT molecular complexity index is 1650. The van der Waals surface area contributed by atoms with E-state index in [1.54, 1.807) is 41.4 Å². The standard InChI is InChI=1S/C20H29N7O3.C12H10FNO/c21-16(17(22)28)18(25-20(23)27-8-2-1-3-9-27)24-15-6-4-14(5-7-15)19(29)26-10-12-30-13-11-26;13-10-6-9(7-1-2-7)5-8-3-4-14-12(15)11(8)10/h4-7,24H,1-3,8-13,21H2,(H2,22,28)(H2,23,25);3-7H,1-2H2,(H,14,15)/b18-16-;. The number of guanidine groups is 1. The van der Waals surface area contributed by atoms with Crippen LogP contribution in [-0.2, 0) is 9.53 Å². The minimum Gasteiger partial charge on any atom is -0.391 e. The van der Waals surface area contributed by atoms with Crippen molar-refractivity contribution in [3.8, 4) is 0 Å². The lowest BCUT2D eigenvalue weighted by molar-refractivity contribution is -0.114. The number of aliphatic imine (C=N–C) groups is 1. The van der Waals surface area contributed by atoms with E-state index in [-0.39, 0.29) is 34.3 Å². The first-order chi connectivity index (χ1) is 21.7. The van der Waals surface area contributed by atoms with Gasteiger partial charge in [0.1, 0.15) is 11.5 Å². The van der Waals surface area contributed by atoms with Gasteiger partial charge in [-0.15, -0.1) is 0 Å². The third-order valence-corrected chi connectivity index (χ3v) is 8.02. The molecule has 0 spiro atoms. The molecule has 12 nitrogen and oxygen atoms in total. The van der Waals surface area contributed by atoms with E-state index in [4.69, 9.17) is 21.9 Å². The number of ether oxygens (including phenoxy) is 1. The first-order valence-corrected chi connectivity index (χ1v) is 15.1. The molecule has 2 amide bonds. The zero-order valence-electron chi connectivity index (χ0n) is 25.1. The van der Waals surface area contributed by atoms with Crippen LogP contribution in [0.5, 0.6) is 0 Å². The molecule has 0 bridgehead atoms. The van der Waals surface area contributed by atoms with Gasteiger partial charge in [-0.1, -0.05) is 6.07 Å². The van der Waals surface area contributed by atoms with Crippen molar-refractivity contribution in [2.45, 2.75) is 38.0 Å². The molecule has 3 heterocycles. The quantitative estimate of drug-likeness (QED) is 0.158. The molecule has 2 aromatic carbocycles. The molecule has 6 rings (SSSR count). The van der Waals surface area contributed by atoms with E-state index in [2.05, 4.69) is 15.3 Å². The van der Waals surface area contributed by atoms with Crippen LogP contribution in [0.2, 0.25) is 0 Å². The van der Waals surface area contributed by atoms with Crippen LogP contribution in [0, 0.1) is 5.82 Å².